The topological polar surface area (TPSA) is 144 Å². The second-order valence-electron chi connectivity index (χ2n) is 6.08. The van der Waals surface area contributed by atoms with Gasteiger partial charge in [-0.15, -0.1) is 0 Å². The van der Waals surface area contributed by atoms with Crippen molar-refractivity contribution in [2.24, 2.45) is 5.14 Å². The molecule has 2 aromatic carbocycles. The van der Waals surface area contributed by atoms with Gasteiger partial charge in [-0.2, -0.15) is 5.26 Å². The number of nitrogens with one attached hydrogen (secondary N) is 2. The van der Waals surface area contributed by atoms with Gasteiger partial charge in [0.05, 0.1) is 19.1 Å². The third-order valence-electron chi connectivity index (χ3n) is 4.08. The van der Waals surface area contributed by atoms with Gasteiger partial charge in [-0.3, -0.25) is 4.79 Å². The van der Waals surface area contributed by atoms with E-state index in [9.17, 15) is 18.5 Å². The van der Waals surface area contributed by atoms with Crippen LogP contribution in [-0.2, 0) is 21.2 Å². The Morgan fingerprint density at radius 3 is 2.37 bits per heavy atom. The van der Waals surface area contributed by atoms with E-state index in [-0.39, 0.29) is 10.5 Å². The minimum absolute atomic E-state index is 0.0366. The number of nitrogens with two attached hydrogens (primary N) is 1. The molecule has 158 valence electrons. The summed E-state index contributed by atoms with van der Waals surface area (Å²) in [4.78, 5) is 12.2. The smallest absolute Gasteiger partial charge is 0.263 e. The van der Waals surface area contributed by atoms with E-state index in [2.05, 4.69) is 10.6 Å². The van der Waals surface area contributed by atoms with Gasteiger partial charge >= 0.3 is 0 Å². The minimum atomic E-state index is -3.79. The zero-order chi connectivity index (χ0) is 22.1. The summed E-state index contributed by atoms with van der Waals surface area (Å²) in [5.41, 5.74) is 1.30. The van der Waals surface area contributed by atoms with E-state index in [4.69, 9.17) is 14.6 Å². The van der Waals surface area contributed by atoms with Gasteiger partial charge in [0.15, 0.2) is 11.5 Å². The monoisotopic (exact) mass is 430 g/mol. The number of primary sulfonamides is 1. The molecule has 0 atom stereocenters. The SMILES string of the molecule is COc1ccc(CCNC(=O)/C(C#N)=C\Nc2ccc(S(N)(=O)=O)cc2)cc1OC. The van der Waals surface area contributed by atoms with E-state index in [1.165, 1.54) is 30.5 Å². The number of ether oxygens (including phenoxy) is 2. The standard InChI is InChI=1S/C20H22N4O5S/c1-28-18-8-3-14(11-19(18)29-2)9-10-23-20(25)15(12-21)13-24-16-4-6-17(7-5-16)30(22,26)27/h3-8,11,13,24H,9-10H2,1-2H3,(H,23,25)(H2,22,26,27)/b15-13-. The first-order chi connectivity index (χ1) is 14.3. The number of carbonyl (C=O) groups excluding carboxylic acids is 1. The van der Waals surface area contributed by atoms with Gasteiger partial charge in [0.25, 0.3) is 5.91 Å². The highest BCUT2D eigenvalue weighted by atomic mass is 32.2. The molecule has 2 aromatic rings. The average Bonchev–Trinajstić information content (AvgIpc) is 2.73. The number of amides is 1. The second-order valence-corrected chi connectivity index (χ2v) is 7.64. The number of sulfonamides is 1. The number of rotatable bonds is 9. The molecule has 0 bridgehead atoms. The molecule has 0 heterocycles. The number of hydrogen-bond acceptors (Lipinski definition) is 7. The number of benzene rings is 2. The van der Waals surface area contributed by atoms with E-state index in [0.29, 0.717) is 30.2 Å². The molecule has 0 aromatic heterocycles. The van der Waals surface area contributed by atoms with Gasteiger partial charge in [0.2, 0.25) is 10.0 Å². The fourth-order valence-electron chi connectivity index (χ4n) is 2.50. The van der Waals surface area contributed by atoms with Gasteiger partial charge in [-0.05, 0) is 48.4 Å². The first kappa shape index (κ1) is 22.7. The molecule has 0 spiro atoms. The summed E-state index contributed by atoms with van der Waals surface area (Å²) in [5, 5.41) is 19.7. The molecule has 0 fully saturated rings. The molecule has 0 saturated carbocycles. The van der Waals surface area contributed by atoms with Gasteiger partial charge in [-0.25, -0.2) is 13.6 Å². The van der Waals surface area contributed by atoms with E-state index in [0.717, 1.165) is 5.56 Å². The van der Waals surface area contributed by atoms with Crippen LogP contribution >= 0.6 is 0 Å². The molecule has 0 aliphatic carbocycles. The first-order valence-electron chi connectivity index (χ1n) is 8.77. The normalized spacial score (nSPS) is 11.3. The summed E-state index contributed by atoms with van der Waals surface area (Å²) >= 11 is 0. The summed E-state index contributed by atoms with van der Waals surface area (Å²) in [7, 11) is -0.689. The average molecular weight is 430 g/mol. The molecule has 0 radical (unpaired) electrons. The van der Waals surface area contributed by atoms with Gasteiger partial charge in [0.1, 0.15) is 11.6 Å². The molecule has 1 amide bonds. The van der Waals surface area contributed by atoms with Crippen molar-refractivity contribution in [1.82, 2.24) is 5.32 Å². The maximum absolute atomic E-state index is 12.2. The van der Waals surface area contributed by atoms with Crippen molar-refractivity contribution >= 4 is 21.6 Å². The van der Waals surface area contributed by atoms with Crippen LogP contribution < -0.4 is 25.2 Å². The predicted molar refractivity (Wildman–Crippen MR) is 111 cm³/mol. The van der Waals surface area contributed by atoms with Crippen LogP contribution in [0, 0.1) is 11.3 Å². The van der Waals surface area contributed by atoms with Crippen LogP contribution in [0.5, 0.6) is 11.5 Å². The fraction of sp³-hybridized carbons (Fsp3) is 0.200. The van der Waals surface area contributed by atoms with Crippen LogP contribution in [-0.4, -0.2) is 35.1 Å². The van der Waals surface area contributed by atoms with Crippen LogP contribution in [0.3, 0.4) is 0 Å². The molecule has 0 unspecified atom stereocenters. The predicted octanol–water partition coefficient (Wildman–Crippen LogP) is 1.53. The van der Waals surface area contributed by atoms with Crippen LogP contribution in [0.2, 0.25) is 0 Å². The zero-order valence-corrected chi connectivity index (χ0v) is 17.3. The van der Waals surface area contributed by atoms with Crippen LogP contribution in [0.4, 0.5) is 5.69 Å². The van der Waals surface area contributed by atoms with E-state index < -0.39 is 15.9 Å². The number of methoxy groups -OCH3 is 2. The molecular formula is C20H22N4O5S. The quantitative estimate of drug-likeness (QED) is 0.404. The maximum Gasteiger partial charge on any atom is 0.263 e. The Balaban J connectivity index is 1.94. The summed E-state index contributed by atoms with van der Waals surface area (Å²) in [6.45, 7) is 0.316. The second kappa shape index (κ2) is 10.3. The fourth-order valence-corrected chi connectivity index (χ4v) is 3.01. The van der Waals surface area contributed by atoms with Crippen molar-refractivity contribution < 1.29 is 22.7 Å². The Labute approximate surface area is 175 Å². The number of nitrogens with zero attached hydrogens (tertiary/aromatic N) is 1. The Bertz CT molecular complexity index is 1070. The molecule has 9 nitrogen and oxygen atoms in total. The largest absolute Gasteiger partial charge is 0.493 e. The van der Waals surface area contributed by atoms with E-state index in [1.807, 2.05) is 18.2 Å². The molecule has 2 rings (SSSR count). The summed E-state index contributed by atoms with van der Waals surface area (Å²) in [6.07, 6.45) is 1.78. The molecule has 30 heavy (non-hydrogen) atoms. The summed E-state index contributed by atoms with van der Waals surface area (Å²) < 4.78 is 32.9. The highest BCUT2D eigenvalue weighted by Crippen LogP contribution is 2.27. The van der Waals surface area contributed by atoms with Gasteiger partial charge < -0.3 is 20.1 Å². The lowest BCUT2D eigenvalue weighted by atomic mass is 10.1. The van der Waals surface area contributed by atoms with Crippen molar-refractivity contribution in [3.8, 4) is 17.6 Å². The summed E-state index contributed by atoms with van der Waals surface area (Å²) in [6, 6.07) is 12.9. The minimum Gasteiger partial charge on any atom is -0.493 e. The molecular weight excluding hydrogens is 408 g/mol. The number of hydrogen-bond donors (Lipinski definition) is 3. The van der Waals surface area contributed by atoms with Crippen molar-refractivity contribution in [3.63, 3.8) is 0 Å². The lowest BCUT2D eigenvalue weighted by Gasteiger charge is -2.10. The Hall–Kier alpha value is -3.55. The molecule has 0 aliphatic heterocycles. The lowest BCUT2D eigenvalue weighted by Crippen LogP contribution is -2.27. The zero-order valence-electron chi connectivity index (χ0n) is 16.5. The Morgan fingerprint density at radius 1 is 1.13 bits per heavy atom. The van der Waals surface area contributed by atoms with Crippen LogP contribution in [0.1, 0.15) is 5.56 Å². The molecule has 4 N–H and O–H groups in total. The van der Waals surface area contributed by atoms with Gasteiger partial charge in [-0.1, -0.05) is 6.07 Å². The number of anilines is 1. The van der Waals surface area contributed by atoms with Crippen molar-refractivity contribution in [2.75, 3.05) is 26.1 Å². The molecule has 0 aliphatic rings. The van der Waals surface area contributed by atoms with Crippen molar-refractivity contribution in [2.45, 2.75) is 11.3 Å². The molecule has 0 saturated heterocycles. The third-order valence-corrected chi connectivity index (χ3v) is 5.01. The first-order valence-corrected chi connectivity index (χ1v) is 10.3. The van der Waals surface area contributed by atoms with Gasteiger partial charge in [0, 0.05) is 18.4 Å². The van der Waals surface area contributed by atoms with Crippen molar-refractivity contribution in [1.29, 1.82) is 5.26 Å². The maximum atomic E-state index is 12.2. The summed E-state index contributed by atoms with van der Waals surface area (Å²) in [5.74, 6) is 0.673. The Morgan fingerprint density at radius 2 is 1.80 bits per heavy atom. The van der Waals surface area contributed by atoms with E-state index in [1.54, 1.807) is 20.3 Å². The third kappa shape index (κ3) is 6.23. The highest BCUT2D eigenvalue weighted by Gasteiger charge is 2.10. The molecule has 10 heteroatoms. The van der Waals surface area contributed by atoms with Crippen LogP contribution in [0.15, 0.2) is 59.1 Å². The van der Waals surface area contributed by atoms with Crippen LogP contribution in [0.25, 0.3) is 0 Å². The number of nitriles is 1. The van der Waals surface area contributed by atoms with E-state index >= 15 is 0 Å². The highest BCUT2D eigenvalue weighted by molar-refractivity contribution is 7.89. The number of carbonyl (C=O) groups is 1. The lowest BCUT2D eigenvalue weighted by molar-refractivity contribution is -0.117. The van der Waals surface area contributed by atoms with Crippen molar-refractivity contribution in [3.05, 3.63) is 59.8 Å². The Kier molecular flexibility index (Phi) is 7.80.